The van der Waals surface area contributed by atoms with Gasteiger partial charge >= 0.3 is 5.97 Å². The average molecular weight is 205 g/mol. The molecule has 0 aliphatic carbocycles. The SMILES string of the molecule is CCOC(=O)c1ncn2cccc(N)c12. The monoisotopic (exact) mass is 205 g/mol. The molecule has 0 aromatic carbocycles. The number of pyridine rings is 1. The molecule has 0 radical (unpaired) electrons. The Labute approximate surface area is 86.5 Å². The Hall–Kier alpha value is -2.04. The molecule has 0 bridgehead atoms. The lowest BCUT2D eigenvalue weighted by Crippen LogP contribution is -2.06. The maximum absolute atomic E-state index is 11.5. The first-order valence-electron chi connectivity index (χ1n) is 4.62. The molecule has 5 nitrogen and oxygen atoms in total. The van der Waals surface area contributed by atoms with E-state index in [2.05, 4.69) is 4.98 Å². The van der Waals surface area contributed by atoms with Crippen molar-refractivity contribution in [1.29, 1.82) is 0 Å². The molecule has 2 heterocycles. The third-order valence-electron chi connectivity index (χ3n) is 2.06. The molecule has 78 valence electrons. The molecule has 2 rings (SSSR count). The smallest absolute Gasteiger partial charge is 0.359 e. The zero-order valence-corrected chi connectivity index (χ0v) is 8.30. The van der Waals surface area contributed by atoms with Crippen molar-refractivity contribution in [2.45, 2.75) is 6.92 Å². The number of nitrogens with two attached hydrogens (primary N) is 1. The van der Waals surface area contributed by atoms with E-state index in [1.807, 2.05) is 0 Å². The lowest BCUT2D eigenvalue weighted by atomic mass is 10.3. The van der Waals surface area contributed by atoms with Crippen molar-refractivity contribution in [3.63, 3.8) is 0 Å². The number of nitrogens with zero attached hydrogens (tertiary/aromatic N) is 2. The van der Waals surface area contributed by atoms with Crippen LogP contribution in [0.5, 0.6) is 0 Å². The first-order valence-corrected chi connectivity index (χ1v) is 4.62. The summed E-state index contributed by atoms with van der Waals surface area (Å²) in [6, 6.07) is 3.51. The molecule has 0 atom stereocenters. The summed E-state index contributed by atoms with van der Waals surface area (Å²) < 4.78 is 6.58. The van der Waals surface area contributed by atoms with E-state index in [1.165, 1.54) is 6.33 Å². The first-order chi connectivity index (χ1) is 7.24. The number of hydrogen-bond acceptors (Lipinski definition) is 4. The molecule has 0 saturated carbocycles. The molecular weight excluding hydrogens is 194 g/mol. The third kappa shape index (κ3) is 1.52. The van der Waals surface area contributed by atoms with E-state index < -0.39 is 5.97 Å². The van der Waals surface area contributed by atoms with Gasteiger partial charge in [0.1, 0.15) is 11.8 Å². The van der Waals surface area contributed by atoms with Gasteiger partial charge in [-0.2, -0.15) is 0 Å². The van der Waals surface area contributed by atoms with Gasteiger partial charge in [0, 0.05) is 6.20 Å². The predicted molar refractivity (Wildman–Crippen MR) is 55.6 cm³/mol. The van der Waals surface area contributed by atoms with E-state index in [-0.39, 0.29) is 5.69 Å². The Bertz CT molecular complexity index is 504. The van der Waals surface area contributed by atoms with Crippen molar-refractivity contribution in [3.8, 4) is 0 Å². The van der Waals surface area contributed by atoms with Gasteiger partial charge in [-0.15, -0.1) is 0 Å². The third-order valence-corrected chi connectivity index (χ3v) is 2.06. The summed E-state index contributed by atoms with van der Waals surface area (Å²) in [5.41, 5.74) is 7.13. The molecule has 0 fully saturated rings. The van der Waals surface area contributed by atoms with Crippen LogP contribution in [0.3, 0.4) is 0 Å². The van der Waals surface area contributed by atoms with Crippen LogP contribution in [-0.2, 0) is 4.74 Å². The number of carbonyl (C=O) groups is 1. The Morgan fingerprint density at radius 1 is 1.67 bits per heavy atom. The van der Waals surface area contributed by atoms with Gasteiger partial charge in [0.2, 0.25) is 0 Å². The number of aromatic nitrogens is 2. The highest BCUT2D eigenvalue weighted by molar-refractivity contribution is 5.98. The standard InChI is InChI=1S/C10H11N3O2/c1-2-15-10(14)8-9-7(11)4-3-5-13(9)6-12-8/h3-6H,2,11H2,1H3. The summed E-state index contributed by atoms with van der Waals surface area (Å²) >= 11 is 0. The molecule has 0 saturated heterocycles. The highest BCUT2D eigenvalue weighted by Gasteiger charge is 2.15. The molecule has 15 heavy (non-hydrogen) atoms. The summed E-state index contributed by atoms with van der Waals surface area (Å²) in [4.78, 5) is 15.5. The van der Waals surface area contributed by atoms with Crippen molar-refractivity contribution >= 4 is 17.2 Å². The van der Waals surface area contributed by atoms with Crippen LogP contribution in [-0.4, -0.2) is 22.0 Å². The molecule has 5 heteroatoms. The van der Waals surface area contributed by atoms with Gasteiger partial charge in [0.15, 0.2) is 5.69 Å². The maximum Gasteiger partial charge on any atom is 0.359 e. The van der Waals surface area contributed by atoms with Gasteiger partial charge in [0.25, 0.3) is 0 Å². The van der Waals surface area contributed by atoms with Crippen LogP contribution in [0.1, 0.15) is 17.4 Å². The van der Waals surface area contributed by atoms with Crippen LogP contribution in [0.15, 0.2) is 24.7 Å². The Morgan fingerprint density at radius 3 is 3.20 bits per heavy atom. The number of rotatable bonds is 2. The molecule has 0 unspecified atom stereocenters. The summed E-state index contributed by atoms with van der Waals surface area (Å²) in [5.74, 6) is -0.446. The van der Waals surface area contributed by atoms with Crippen LogP contribution in [0.25, 0.3) is 5.52 Å². The van der Waals surface area contributed by atoms with Gasteiger partial charge in [0.05, 0.1) is 12.3 Å². The highest BCUT2D eigenvalue weighted by Crippen LogP contribution is 2.17. The van der Waals surface area contributed by atoms with Gasteiger partial charge < -0.3 is 14.9 Å². The second-order valence-electron chi connectivity index (χ2n) is 3.03. The van der Waals surface area contributed by atoms with E-state index in [9.17, 15) is 4.79 Å². The number of nitrogen functional groups attached to an aromatic ring is 1. The molecular formula is C10H11N3O2. The van der Waals surface area contributed by atoms with E-state index in [4.69, 9.17) is 10.5 Å². The van der Waals surface area contributed by atoms with E-state index in [0.29, 0.717) is 17.8 Å². The van der Waals surface area contributed by atoms with Gasteiger partial charge in [-0.1, -0.05) is 0 Å². The Morgan fingerprint density at radius 2 is 2.47 bits per heavy atom. The minimum Gasteiger partial charge on any atom is -0.461 e. The highest BCUT2D eigenvalue weighted by atomic mass is 16.5. The number of esters is 1. The maximum atomic E-state index is 11.5. The second kappa shape index (κ2) is 3.61. The minimum absolute atomic E-state index is 0.259. The lowest BCUT2D eigenvalue weighted by Gasteiger charge is -2.01. The van der Waals surface area contributed by atoms with Crippen molar-refractivity contribution in [2.75, 3.05) is 12.3 Å². The fraction of sp³-hybridized carbons (Fsp3) is 0.200. The second-order valence-corrected chi connectivity index (χ2v) is 3.03. The first kappa shape index (κ1) is 9.51. The minimum atomic E-state index is -0.446. The summed E-state index contributed by atoms with van der Waals surface area (Å²) in [5, 5.41) is 0. The molecule has 0 amide bonds. The molecule has 0 spiro atoms. The number of ether oxygens (including phenoxy) is 1. The fourth-order valence-corrected chi connectivity index (χ4v) is 1.43. The predicted octanol–water partition coefficient (Wildman–Crippen LogP) is 1.09. The zero-order valence-electron chi connectivity index (χ0n) is 8.30. The summed E-state index contributed by atoms with van der Waals surface area (Å²) in [7, 11) is 0. The van der Waals surface area contributed by atoms with Crippen LogP contribution in [0.2, 0.25) is 0 Å². The fourth-order valence-electron chi connectivity index (χ4n) is 1.43. The molecule has 2 aromatic heterocycles. The van der Waals surface area contributed by atoms with Crippen molar-refractivity contribution in [1.82, 2.24) is 9.38 Å². The van der Waals surface area contributed by atoms with Crippen LogP contribution in [0, 0.1) is 0 Å². The summed E-state index contributed by atoms with van der Waals surface area (Å²) in [6.45, 7) is 2.07. The van der Waals surface area contributed by atoms with Crippen molar-refractivity contribution < 1.29 is 9.53 Å². The molecule has 2 aromatic rings. The van der Waals surface area contributed by atoms with Crippen LogP contribution in [0.4, 0.5) is 5.69 Å². The average Bonchev–Trinajstić information content (AvgIpc) is 2.63. The van der Waals surface area contributed by atoms with Crippen molar-refractivity contribution in [2.24, 2.45) is 0 Å². The van der Waals surface area contributed by atoms with Gasteiger partial charge in [-0.05, 0) is 19.1 Å². The summed E-state index contributed by atoms with van der Waals surface area (Å²) in [6.07, 6.45) is 3.32. The molecule has 0 aliphatic rings. The number of fused-ring (bicyclic) bond motifs is 1. The number of anilines is 1. The van der Waals surface area contributed by atoms with E-state index in [1.54, 1.807) is 29.7 Å². The Kier molecular flexibility index (Phi) is 2.29. The molecule has 0 aliphatic heterocycles. The normalized spacial score (nSPS) is 10.5. The zero-order chi connectivity index (χ0) is 10.8. The van der Waals surface area contributed by atoms with E-state index >= 15 is 0 Å². The van der Waals surface area contributed by atoms with Crippen molar-refractivity contribution in [3.05, 3.63) is 30.4 Å². The number of imidazole rings is 1. The van der Waals surface area contributed by atoms with Gasteiger partial charge in [-0.3, -0.25) is 0 Å². The largest absolute Gasteiger partial charge is 0.461 e. The van der Waals surface area contributed by atoms with Gasteiger partial charge in [-0.25, -0.2) is 9.78 Å². The van der Waals surface area contributed by atoms with Crippen LogP contribution >= 0.6 is 0 Å². The topological polar surface area (TPSA) is 69.6 Å². The van der Waals surface area contributed by atoms with Crippen LogP contribution < -0.4 is 5.73 Å². The molecule has 2 N–H and O–H groups in total. The lowest BCUT2D eigenvalue weighted by molar-refractivity contribution is 0.0522. The number of carbonyl (C=O) groups excluding carboxylic acids is 1. The quantitative estimate of drug-likeness (QED) is 0.745. The number of hydrogen-bond donors (Lipinski definition) is 1. The van der Waals surface area contributed by atoms with E-state index in [0.717, 1.165) is 0 Å². The Balaban J connectivity index is 2.57.